The molecular weight excluding hydrogens is 354 g/mol. The highest BCUT2D eigenvalue weighted by molar-refractivity contribution is 5.96. The zero-order valence-electron chi connectivity index (χ0n) is 15.6. The maximum atomic E-state index is 12.5. The number of aromatic nitrogens is 1. The predicted molar refractivity (Wildman–Crippen MR) is 110 cm³/mol. The van der Waals surface area contributed by atoms with Gasteiger partial charge in [0, 0.05) is 48.9 Å². The number of anilines is 2. The number of hydrogen-bond acceptors (Lipinski definition) is 4. The third-order valence-corrected chi connectivity index (χ3v) is 4.96. The third-order valence-electron chi connectivity index (χ3n) is 4.96. The van der Waals surface area contributed by atoms with E-state index in [4.69, 9.17) is 4.74 Å². The van der Waals surface area contributed by atoms with Gasteiger partial charge in [-0.3, -0.25) is 14.2 Å². The van der Waals surface area contributed by atoms with Gasteiger partial charge in [0.1, 0.15) is 0 Å². The molecule has 0 bridgehead atoms. The quantitative estimate of drug-likeness (QED) is 0.739. The summed E-state index contributed by atoms with van der Waals surface area (Å²) >= 11 is 0. The Balaban J connectivity index is 1.31. The van der Waals surface area contributed by atoms with Gasteiger partial charge in [0.05, 0.1) is 18.7 Å². The number of benzene rings is 2. The highest BCUT2D eigenvalue weighted by Gasteiger charge is 2.13. The fourth-order valence-electron chi connectivity index (χ4n) is 3.44. The molecule has 6 heteroatoms. The van der Waals surface area contributed by atoms with Crippen molar-refractivity contribution < 1.29 is 14.3 Å². The molecule has 0 saturated carbocycles. The molecule has 1 aromatic heterocycles. The summed E-state index contributed by atoms with van der Waals surface area (Å²) in [7, 11) is 0. The van der Waals surface area contributed by atoms with E-state index in [-0.39, 0.29) is 24.7 Å². The van der Waals surface area contributed by atoms with Gasteiger partial charge in [-0.25, -0.2) is 0 Å². The van der Waals surface area contributed by atoms with Crippen LogP contribution in [-0.4, -0.2) is 42.7 Å². The van der Waals surface area contributed by atoms with Gasteiger partial charge in [-0.05, 0) is 36.4 Å². The molecule has 1 aliphatic rings. The molecule has 1 N–H and O–H groups in total. The summed E-state index contributed by atoms with van der Waals surface area (Å²) in [5.74, 6) is -0.247. The molecule has 1 saturated heterocycles. The largest absolute Gasteiger partial charge is 0.378 e. The lowest BCUT2D eigenvalue weighted by Gasteiger charge is -2.28. The van der Waals surface area contributed by atoms with E-state index in [1.165, 1.54) is 0 Å². The molecule has 1 fully saturated rings. The molecule has 2 aromatic carbocycles. The van der Waals surface area contributed by atoms with Crippen molar-refractivity contribution in [3.63, 3.8) is 0 Å². The standard InChI is InChI=1S/C22H23N3O3/c26-21(9-10-22(27)25-12-11-17-3-1-2-4-20(17)25)23-18-5-7-19(8-6-18)24-13-15-28-16-14-24/h1-8,11-12H,9-10,13-16H2,(H,23,26). The summed E-state index contributed by atoms with van der Waals surface area (Å²) in [6.45, 7) is 3.23. The minimum Gasteiger partial charge on any atom is -0.378 e. The second-order valence-corrected chi connectivity index (χ2v) is 6.83. The van der Waals surface area contributed by atoms with Crippen molar-refractivity contribution in [2.24, 2.45) is 0 Å². The number of fused-ring (bicyclic) bond motifs is 1. The Labute approximate surface area is 163 Å². The zero-order chi connectivity index (χ0) is 19.3. The first kappa shape index (κ1) is 18.3. The molecule has 4 rings (SSSR count). The minimum atomic E-state index is -0.163. The van der Waals surface area contributed by atoms with E-state index < -0.39 is 0 Å². The van der Waals surface area contributed by atoms with Crippen molar-refractivity contribution in [3.8, 4) is 0 Å². The smallest absolute Gasteiger partial charge is 0.231 e. The second-order valence-electron chi connectivity index (χ2n) is 6.83. The average molecular weight is 377 g/mol. The molecule has 0 spiro atoms. The van der Waals surface area contributed by atoms with Crippen LogP contribution in [0.25, 0.3) is 10.9 Å². The molecule has 2 heterocycles. The average Bonchev–Trinajstić information content (AvgIpc) is 3.17. The number of carbonyl (C=O) groups excluding carboxylic acids is 2. The Morgan fingerprint density at radius 2 is 1.68 bits per heavy atom. The van der Waals surface area contributed by atoms with Crippen molar-refractivity contribution in [2.45, 2.75) is 12.8 Å². The minimum absolute atomic E-state index is 0.0842. The molecule has 0 unspecified atom stereocenters. The summed E-state index contributed by atoms with van der Waals surface area (Å²) in [5.41, 5.74) is 2.73. The number of nitrogens with one attached hydrogen (secondary N) is 1. The maximum Gasteiger partial charge on any atom is 0.231 e. The fourth-order valence-corrected chi connectivity index (χ4v) is 3.44. The monoisotopic (exact) mass is 377 g/mol. The molecule has 0 atom stereocenters. The Hall–Kier alpha value is -3.12. The van der Waals surface area contributed by atoms with Crippen LogP contribution in [0.15, 0.2) is 60.8 Å². The molecule has 6 nitrogen and oxygen atoms in total. The molecular formula is C22H23N3O3. The molecule has 1 aliphatic heterocycles. The van der Waals surface area contributed by atoms with Crippen molar-refractivity contribution in [1.82, 2.24) is 4.57 Å². The number of hydrogen-bond donors (Lipinski definition) is 1. The first-order valence-corrected chi connectivity index (χ1v) is 9.52. The van der Waals surface area contributed by atoms with Gasteiger partial charge in [-0.1, -0.05) is 18.2 Å². The Morgan fingerprint density at radius 3 is 2.46 bits per heavy atom. The van der Waals surface area contributed by atoms with E-state index in [0.717, 1.165) is 48.6 Å². The number of nitrogens with zero attached hydrogens (tertiary/aromatic N) is 2. The van der Waals surface area contributed by atoms with Crippen LogP contribution in [0.1, 0.15) is 17.6 Å². The van der Waals surface area contributed by atoms with Crippen LogP contribution in [0.4, 0.5) is 11.4 Å². The van der Waals surface area contributed by atoms with Gasteiger partial charge in [-0.15, -0.1) is 0 Å². The second kappa shape index (κ2) is 8.27. The summed E-state index contributed by atoms with van der Waals surface area (Å²) in [6, 6.07) is 17.4. The summed E-state index contributed by atoms with van der Waals surface area (Å²) < 4.78 is 6.98. The summed E-state index contributed by atoms with van der Waals surface area (Å²) in [4.78, 5) is 27.0. The topological polar surface area (TPSA) is 63.6 Å². The summed E-state index contributed by atoms with van der Waals surface area (Å²) in [6.07, 6.45) is 2.07. The highest BCUT2D eigenvalue weighted by atomic mass is 16.5. The third kappa shape index (κ3) is 4.07. The van der Waals surface area contributed by atoms with Crippen LogP contribution in [0.5, 0.6) is 0 Å². The number of morpholine rings is 1. The van der Waals surface area contributed by atoms with Gasteiger partial charge in [0.25, 0.3) is 0 Å². The van der Waals surface area contributed by atoms with Crippen LogP contribution in [0.2, 0.25) is 0 Å². The van der Waals surface area contributed by atoms with Crippen LogP contribution < -0.4 is 10.2 Å². The lowest BCUT2D eigenvalue weighted by Crippen LogP contribution is -2.36. The first-order valence-electron chi connectivity index (χ1n) is 9.52. The molecule has 0 radical (unpaired) electrons. The van der Waals surface area contributed by atoms with E-state index in [0.29, 0.717) is 0 Å². The number of rotatable bonds is 5. The molecule has 144 valence electrons. The van der Waals surface area contributed by atoms with Gasteiger partial charge in [0.2, 0.25) is 11.8 Å². The van der Waals surface area contributed by atoms with Crippen LogP contribution in [0.3, 0.4) is 0 Å². The fraction of sp³-hybridized carbons (Fsp3) is 0.273. The van der Waals surface area contributed by atoms with Crippen molar-refractivity contribution in [1.29, 1.82) is 0 Å². The lowest BCUT2D eigenvalue weighted by molar-refractivity contribution is -0.116. The van der Waals surface area contributed by atoms with Crippen molar-refractivity contribution in [3.05, 3.63) is 60.8 Å². The first-order chi connectivity index (χ1) is 13.7. The van der Waals surface area contributed by atoms with Crippen LogP contribution >= 0.6 is 0 Å². The van der Waals surface area contributed by atoms with Crippen molar-refractivity contribution in [2.75, 3.05) is 36.5 Å². The van der Waals surface area contributed by atoms with Gasteiger partial charge < -0.3 is 15.0 Å². The van der Waals surface area contributed by atoms with Crippen molar-refractivity contribution >= 4 is 34.1 Å². The van der Waals surface area contributed by atoms with E-state index in [1.807, 2.05) is 54.6 Å². The molecule has 1 amide bonds. The van der Waals surface area contributed by atoms with Crippen LogP contribution in [-0.2, 0) is 9.53 Å². The Morgan fingerprint density at radius 1 is 0.929 bits per heavy atom. The van der Waals surface area contributed by atoms with E-state index in [9.17, 15) is 9.59 Å². The SMILES string of the molecule is O=C(CCC(=O)n1ccc2ccccc21)Nc1ccc(N2CCOCC2)cc1. The van der Waals surface area contributed by atoms with E-state index in [2.05, 4.69) is 10.2 Å². The maximum absolute atomic E-state index is 12.5. The molecule has 3 aromatic rings. The summed E-state index contributed by atoms with van der Waals surface area (Å²) in [5, 5.41) is 3.88. The number of carbonyl (C=O) groups is 2. The van der Waals surface area contributed by atoms with Gasteiger partial charge >= 0.3 is 0 Å². The van der Waals surface area contributed by atoms with E-state index in [1.54, 1.807) is 10.8 Å². The van der Waals surface area contributed by atoms with Gasteiger partial charge in [-0.2, -0.15) is 0 Å². The Kier molecular flexibility index (Phi) is 5.39. The number of amides is 1. The normalized spacial score (nSPS) is 14.2. The molecule has 28 heavy (non-hydrogen) atoms. The lowest BCUT2D eigenvalue weighted by atomic mass is 10.2. The number of ether oxygens (including phenoxy) is 1. The number of para-hydroxylation sites is 1. The Bertz CT molecular complexity index is 972. The van der Waals surface area contributed by atoms with E-state index >= 15 is 0 Å². The highest BCUT2D eigenvalue weighted by Crippen LogP contribution is 2.20. The predicted octanol–water partition coefficient (Wildman–Crippen LogP) is 3.54. The molecule has 0 aliphatic carbocycles. The zero-order valence-corrected chi connectivity index (χ0v) is 15.6. The van der Waals surface area contributed by atoms with Crippen LogP contribution in [0, 0.1) is 0 Å². The van der Waals surface area contributed by atoms with Gasteiger partial charge in [0.15, 0.2) is 0 Å².